The van der Waals surface area contributed by atoms with Gasteiger partial charge in [-0.25, -0.2) is 0 Å². The van der Waals surface area contributed by atoms with Gasteiger partial charge in [0.05, 0.1) is 18.1 Å². The molecule has 0 aromatic carbocycles. The largest absolute Gasteiger partial charge is 0.345 e. The van der Waals surface area contributed by atoms with E-state index in [1.165, 1.54) is 9.35 Å². The van der Waals surface area contributed by atoms with Gasteiger partial charge < -0.3 is 9.47 Å². The molecular formula is C10H13BrO2S. The Kier molecular flexibility index (Phi) is 3.27. The Bertz CT molecular complexity index is 316. The molecule has 0 saturated carbocycles. The first-order valence-corrected chi connectivity index (χ1v) is 6.31. The predicted octanol–water partition coefficient (Wildman–Crippen LogP) is 3.68. The lowest BCUT2D eigenvalue weighted by molar-refractivity contribution is -0.0413. The molecule has 1 aromatic rings. The first-order chi connectivity index (χ1) is 6.68. The molecule has 2 heterocycles. The molecular weight excluding hydrogens is 264 g/mol. The summed E-state index contributed by atoms with van der Waals surface area (Å²) in [7, 11) is 0. The number of hydrogen-bond acceptors (Lipinski definition) is 3. The molecule has 2 rings (SSSR count). The SMILES string of the molecule is CC(C)c1sc(C2OCCO2)cc1Br. The molecule has 0 spiro atoms. The van der Waals surface area contributed by atoms with Gasteiger partial charge >= 0.3 is 0 Å². The molecule has 78 valence electrons. The van der Waals surface area contributed by atoms with Gasteiger partial charge in [-0.3, -0.25) is 0 Å². The Morgan fingerprint density at radius 1 is 1.43 bits per heavy atom. The number of hydrogen-bond donors (Lipinski definition) is 0. The van der Waals surface area contributed by atoms with Crippen molar-refractivity contribution < 1.29 is 9.47 Å². The van der Waals surface area contributed by atoms with Crippen molar-refractivity contribution in [2.45, 2.75) is 26.1 Å². The fourth-order valence-electron chi connectivity index (χ4n) is 1.43. The number of halogens is 1. The Morgan fingerprint density at radius 3 is 2.57 bits per heavy atom. The van der Waals surface area contributed by atoms with E-state index in [9.17, 15) is 0 Å². The third kappa shape index (κ3) is 2.03. The molecule has 0 N–H and O–H groups in total. The third-order valence-corrected chi connectivity index (χ3v) is 4.49. The summed E-state index contributed by atoms with van der Waals surface area (Å²) < 4.78 is 12.1. The molecule has 1 aliphatic heterocycles. The zero-order valence-corrected chi connectivity index (χ0v) is 10.7. The van der Waals surface area contributed by atoms with Gasteiger partial charge in [-0.05, 0) is 27.9 Å². The van der Waals surface area contributed by atoms with Crippen molar-refractivity contribution in [3.63, 3.8) is 0 Å². The molecule has 1 fully saturated rings. The molecule has 1 aliphatic rings. The first kappa shape index (κ1) is 10.6. The smallest absolute Gasteiger partial charge is 0.193 e. The van der Waals surface area contributed by atoms with Gasteiger partial charge in [0.25, 0.3) is 0 Å². The van der Waals surface area contributed by atoms with Crippen LogP contribution in [0.15, 0.2) is 10.5 Å². The van der Waals surface area contributed by atoms with E-state index >= 15 is 0 Å². The van der Waals surface area contributed by atoms with Gasteiger partial charge in [0.2, 0.25) is 0 Å². The summed E-state index contributed by atoms with van der Waals surface area (Å²) in [6.45, 7) is 5.79. The molecule has 1 aromatic heterocycles. The van der Waals surface area contributed by atoms with Gasteiger partial charge in [-0.2, -0.15) is 0 Å². The monoisotopic (exact) mass is 276 g/mol. The second kappa shape index (κ2) is 4.31. The van der Waals surface area contributed by atoms with Crippen molar-refractivity contribution in [3.8, 4) is 0 Å². The Balaban J connectivity index is 2.22. The number of ether oxygens (including phenoxy) is 2. The topological polar surface area (TPSA) is 18.5 Å². The van der Waals surface area contributed by atoms with Crippen LogP contribution in [0.1, 0.15) is 35.8 Å². The second-order valence-electron chi connectivity index (χ2n) is 3.59. The van der Waals surface area contributed by atoms with Crippen LogP contribution < -0.4 is 0 Å². The van der Waals surface area contributed by atoms with Crippen LogP contribution in [0.25, 0.3) is 0 Å². The van der Waals surface area contributed by atoms with Crippen LogP contribution in [0.5, 0.6) is 0 Å². The highest BCUT2D eigenvalue weighted by molar-refractivity contribution is 9.10. The maximum Gasteiger partial charge on any atom is 0.193 e. The molecule has 0 atom stereocenters. The maximum atomic E-state index is 5.45. The summed E-state index contributed by atoms with van der Waals surface area (Å²) >= 11 is 5.33. The Morgan fingerprint density at radius 2 is 2.07 bits per heavy atom. The number of rotatable bonds is 2. The molecule has 0 aliphatic carbocycles. The van der Waals surface area contributed by atoms with Crippen LogP contribution in [0.3, 0.4) is 0 Å². The van der Waals surface area contributed by atoms with Crippen LogP contribution >= 0.6 is 27.3 Å². The second-order valence-corrected chi connectivity index (χ2v) is 5.56. The molecule has 0 radical (unpaired) electrons. The highest BCUT2D eigenvalue weighted by atomic mass is 79.9. The van der Waals surface area contributed by atoms with Crippen LogP contribution in [0, 0.1) is 0 Å². The van der Waals surface area contributed by atoms with Crippen LogP contribution in [-0.2, 0) is 9.47 Å². The quantitative estimate of drug-likeness (QED) is 0.821. The summed E-state index contributed by atoms with van der Waals surface area (Å²) in [5, 5.41) is 0. The predicted molar refractivity (Wildman–Crippen MR) is 60.8 cm³/mol. The highest BCUT2D eigenvalue weighted by Gasteiger charge is 2.22. The Labute approximate surface area is 96.4 Å². The van der Waals surface area contributed by atoms with Crippen molar-refractivity contribution in [1.29, 1.82) is 0 Å². The lowest BCUT2D eigenvalue weighted by atomic mass is 10.2. The fourth-order valence-corrected chi connectivity index (χ4v) is 3.59. The van der Waals surface area contributed by atoms with Crippen molar-refractivity contribution in [2.24, 2.45) is 0 Å². The molecule has 14 heavy (non-hydrogen) atoms. The van der Waals surface area contributed by atoms with E-state index in [0.717, 1.165) is 4.88 Å². The van der Waals surface area contributed by atoms with Gasteiger partial charge in [0, 0.05) is 9.35 Å². The Hall–Kier alpha value is 0.100. The van der Waals surface area contributed by atoms with Gasteiger partial charge in [-0.15, -0.1) is 11.3 Å². The standard InChI is InChI=1S/C10H13BrO2S/c1-6(2)9-7(11)5-8(14-9)10-12-3-4-13-10/h5-6,10H,3-4H2,1-2H3. The molecule has 0 amide bonds. The molecule has 0 unspecified atom stereocenters. The van der Waals surface area contributed by atoms with Crippen LogP contribution in [0.2, 0.25) is 0 Å². The average molecular weight is 277 g/mol. The van der Waals surface area contributed by atoms with Crippen LogP contribution in [0.4, 0.5) is 0 Å². The molecule has 1 saturated heterocycles. The van der Waals surface area contributed by atoms with Gasteiger partial charge in [0.1, 0.15) is 0 Å². The number of thiophene rings is 1. The zero-order valence-electron chi connectivity index (χ0n) is 8.25. The highest BCUT2D eigenvalue weighted by Crippen LogP contribution is 2.38. The van der Waals surface area contributed by atoms with E-state index < -0.39 is 0 Å². The minimum absolute atomic E-state index is 0.135. The first-order valence-electron chi connectivity index (χ1n) is 4.71. The van der Waals surface area contributed by atoms with E-state index in [1.54, 1.807) is 11.3 Å². The van der Waals surface area contributed by atoms with Crippen molar-refractivity contribution >= 4 is 27.3 Å². The van der Waals surface area contributed by atoms with Gasteiger partial charge in [0.15, 0.2) is 6.29 Å². The lowest BCUT2D eigenvalue weighted by Gasteiger charge is -2.05. The normalized spacial score (nSPS) is 18.3. The molecule has 4 heteroatoms. The maximum absolute atomic E-state index is 5.45. The van der Waals surface area contributed by atoms with E-state index in [2.05, 4.69) is 35.8 Å². The van der Waals surface area contributed by atoms with E-state index in [0.29, 0.717) is 19.1 Å². The summed E-state index contributed by atoms with van der Waals surface area (Å²) in [4.78, 5) is 2.53. The third-order valence-electron chi connectivity index (χ3n) is 2.11. The zero-order chi connectivity index (χ0) is 10.1. The summed E-state index contributed by atoms with van der Waals surface area (Å²) in [5.41, 5.74) is 0. The minimum Gasteiger partial charge on any atom is -0.345 e. The van der Waals surface area contributed by atoms with E-state index in [4.69, 9.17) is 9.47 Å². The minimum atomic E-state index is -0.135. The van der Waals surface area contributed by atoms with Crippen molar-refractivity contribution in [3.05, 3.63) is 20.3 Å². The average Bonchev–Trinajstić information content (AvgIpc) is 2.70. The molecule has 2 nitrogen and oxygen atoms in total. The molecule has 0 bridgehead atoms. The summed E-state index contributed by atoms with van der Waals surface area (Å²) in [5.74, 6) is 0.546. The lowest BCUT2D eigenvalue weighted by Crippen LogP contribution is -1.93. The van der Waals surface area contributed by atoms with Crippen molar-refractivity contribution in [1.82, 2.24) is 0 Å². The summed E-state index contributed by atoms with van der Waals surface area (Å²) in [6.07, 6.45) is -0.135. The van der Waals surface area contributed by atoms with E-state index in [-0.39, 0.29) is 6.29 Å². The van der Waals surface area contributed by atoms with Crippen LogP contribution in [-0.4, -0.2) is 13.2 Å². The fraction of sp³-hybridized carbons (Fsp3) is 0.600. The van der Waals surface area contributed by atoms with E-state index in [1.807, 2.05) is 0 Å². The van der Waals surface area contributed by atoms with Gasteiger partial charge in [-0.1, -0.05) is 13.8 Å². The summed E-state index contributed by atoms with van der Waals surface area (Å²) in [6, 6.07) is 2.11. The van der Waals surface area contributed by atoms with Crippen molar-refractivity contribution in [2.75, 3.05) is 13.2 Å².